The molecule has 3 rings (SSSR count). The largest absolute Gasteiger partial charge is 0.472 e. The summed E-state index contributed by atoms with van der Waals surface area (Å²) in [6.07, 6.45) is 3.43. The molecule has 0 saturated heterocycles. The van der Waals surface area contributed by atoms with Crippen LogP contribution in [-0.4, -0.2) is 0 Å². The lowest BCUT2D eigenvalue weighted by Crippen LogP contribution is -2.11. The Hall–Kier alpha value is -1.29. The summed E-state index contributed by atoms with van der Waals surface area (Å²) in [6, 6.07) is 10.2. The van der Waals surface area contributed by atoms with Crippen molar-refractivity contribution in [2.45, 2.75) is 13.1 Å². The molecule has 0 bridgehead atoms. The zero-order chi connectivity index (χ0) is 12.4. The van der Waals surface area contributed by atoms with E-state index in [4.69, 9.17) is 16.0 Å². The predicted molar refractivity (Wildman–Crippen MR) is 76.1 cm³/mol. The van der Waals surface area contributed by atoms with E-state index in [0.29, 0.717) is 0 Å². The van der Waals surface area contributed by atoms with Gasteiger partial charge in [-0.1, -0.05) is 29.8 Å². The number of hydrogen-bond acceptors (Lipinski definition) is 3. The van der Waals surface area contributed by atoms with Crippen molar-refractivity contribution < 1.29 is 4.42 Å². The minimum Gasteiger partial charge on any atom is -0.472 e. The van der Waals surface area contributed by atoms with Crippen molar-refractivity contribution in [1.29, 1.82) is 0 Å². The Bertz CT molecular complexity index is 645. The van der Waals surface area contributed by atoms with E-state index >= 15 is 0 Å². The van der Waals surface area contributed by atoms with Crippen molar-refractivity contribution in [2.75, 3.05) is 0 Å². The molecular weight excluding hydrogens is 266 g/mol. The standard InChI is InChI=1S/C14H12ClNOS/c15-14-11-3-1-2-4-12(11)18-13(14)8-16-7-10-5-6-17-9-10/h1-6,9,16H,7-8H2. The van der Waals surface area contributed by atoms with Crippen LogP contribution in [0.1, 0.15) is 10.4 Å². The summed E-state index contributed by atoms with van der Waals surface area (Å²) < 4.78 is 6.26. The summed E-state index contributed by atoms with van der Waals surface area (Å²) in [5.74, 6) is 0. The van der Waals surface area contributed by atoms with Gasteiger partial charge in [0.2, 0.25) is 0 Å². The van der Waals surface area contributed by atoms with Gasteiger partial charge in [-0.15, -0.1) is 11.3 Å². The third-order valence-electron chi connectivity index (χ3n) is 2.80. The smallest absolute Gasteiger partial charge is 0.0947 e. The number of thiophene rings is 1. The number of benzene rings is 1. The average Bonchev–Trinajstić information content (AvgIpc) is 3.00. The number of rotatable bonds is 4. The van der Waals surface area contributed by atoms with Crippen molar-refractivity contribution in [3.05, 3.63) is 58.3 Å². The highest BCUT2D eigenvalue weighted by atomic mass is 35.5. The SMILES string of the molecule is Clc1c(CNCc2ccoc2)sc2ccccc12. The van der Waals surface area contributed by atoms with E-state index in [1.807, 2.05) is 18.2 Å². The summed E-state index contributed by atoms with van der Waals surface area (Å²) in [4.78, 5) is 1.18. The Morgan fingerprint density at radius 3 is 2.83 bits per heavy atom. The third-order valence-corrected chi connectivity index (χ3v) is 4.51. The molecule has 2 aromatic heterocycles. The molecule has 0 unspecified atom stereocenters. The molecule has 3 aromatic rings. The number of nitrogens with one attached hydrogen (secondary N) is 1. The number of fused-ring (bicyclic) bond motifs is 1. The first kappa shape index (κ1) is 11.8. The third kappa shape index (κ3) is 2.29. The van der Waals surface area contributed by atoms with Crippen LogP contribution in [0, 0.1) is 0 Å². The van der Waals surface area contributed by atoms with E-state index < -0.39 is 0 Å². The first-order valence-corrected chi connectivity index (χ1v) is 6.92. The highest BCUT2D eigenvalue weighted by Crippen LogP contribution is 2.34. The Kier molecular flexibility index (Phi) is 3.37. The van der Waals surface area contributed by atoms with Gasteiger partial charge in [-0.25, -0.2) is 0 Å². The molecule has 0 aliphatic rings. The maximum atomic E-state index is 6.37. The van der Waals surface area contributed by atoms with Crippen LogP contribution in [-0.2, 0) is 13.1 Å². The van der Waals surface area contributed by atoms with Crippen molar-refractivity contribution in [2.24, 2.45) is 0 Å². The number of hydrogen-bond donors (Lipinski definition) is 1. The van der Waals surface area contributed by atoms with Crippen LogP contribution in [0.15, 0.2) is 47.3 Å². The monoisotopic (exact) mass is 277 g/mol. The fourth-order valence-electron chi connectivity index (χ4n) is 1.89. The van der Waals surface area contributed by atoms with Crippen LogP contribution in [0.4, 0.5) is 0 Å². The highest BCUT2D eigenvalue weighted by Gasteiger charge is 2.09. The Morgan fingerprint density at radius 1 is 1.17 bits per heavy atom. The van der Waals surface area contributed by atoms with E-state index in [0.717, 1.165) is 29.1 Å². The second-order valence-electron chi connectivity index (χ2n) is 4.07. The van der Waals surface area contributed by atoms with E-state index in [-0.39, 0.29) is 0 Å². The summed E-state index contributed by atoms with van der Waals surface area (Å²) in [5.41, 5.74) is 1.15. The molecule has 2 nitrogen and oxygen atoms in total. The van der Waals surface area contributed by atoms with Crippen LogP contribution in [0.2, 0.25) is 5.02 Å². The maximum absolute atomic E-state index is 6.37. The lowest BCUT2D eigenvalue weighted by atomic mass is 10.2. The maximum Gasteiger partial charge on any atom is 0.0947 e. The Morgan fingerprint density at radius 2 is 2.06 bits per heavy atom. The Balaban J connectivity index is 1.73. The zero-order valence-electron chi connectivity index (χ0n) is 9.65. The molecule has 0 aliphatic heterocycles. The highest BCUT2D eigenvalue weighted by molar-refractivity contribution is 7.19. The van der Waals surface area contributed by atoms with Crippen molar-refractivity contribution >= 4 is 33.0 Å². The summed E-state index contributed by atoms with van der Waals surface area (Å²) in [6.45, 7) is 1.57. The van der Waals surface area contributed by atoms with Crippen molar-refractivity contribution in [1.82, 2.24) is 5.32 Å². The molecule has 0 spiro atoms. The van der Waals surface area contributed by atoms with Gasteiger partial charge in [0.05, 0.1) is 17.5 Å². The van der Waals surface area contributed by atoms with Gasteiger partial charge in [-0.05, 0) is 12.1 Å². The molecule has 0 amide bonds. The van der Waals surface area contributed by atoms with Gasteiger partial charge in [-0.2, -0.15) is 0 Å². The normalized spacial score (nSPS) is 11.2. The van der Waals surface area contributed by atoms with Crippen molar-refractivity contribution in [3.63, 3.8) is 0 Å². The van der Waals surface area contributed by atoms with Gasteiger partial charge < -0.3 is 9.73 Å². The molecule has 4 heteroatoms. The van der Waals surface area contributed by atoms with E-state index in [1.54, 1.807) is 23.9 Å². The Labute approximate surface area is 114 Å². The molecule has 1 N–H and O–H groups in total. The summed E-state index contributed by atoms with van der Waals surface area (Å²) in [7, 11) is 0. The quantitative estimate of drug-likeness (QED) is 0.763. The zero-order valence-corrected chi connectivity index (χ0v) is 11.2. The fourth-order valence-corrected chi connectivity index (χ4v) is 3.36. The van der Waals surface area contributed by atoms with Crippen LogP contribution in [0.5, 0.6) is 0 Å². The molecule has 92 valence electrons. The van der Waals surface area contributed by atoms with E-state index in [1.165, 1.54) is 9.58 Å². The second kappa shape index (κ2) is 5.14. The molecular formula is C14H12ClNOS. The van der Waals surface area contributed by atoms with E-state index in [9.17, 15) is 0 Å². The number of halogens is 1. The minimum atomic E-state index is 0.781. The molecule has 1 aromatic carbocycles. The molecule has 0 fully saturated rings. The topological polar surface area (TPSA) is 25.2 Å². The van der Waals surface area contributed by atoms with Gasteiger partial charge in [0.15, 0.2) is 0 Å². The van der Waals surface area contributed by atoms with Gasteiger partial charge in [0.25, 0.3) is 0 Å². The van der Waals surface area contributed by atoms with Crippen LogP contribution >= 0.6 is 22.9 Å². The molecule has 0 radical (unpaired) electrons. The van der Waals surface area contributed by atoms with Crippen LogP contribution < -0.4 is 5.32 Å². The predicted octanol–water partition coefficient (Wildman–Crippen LogP) is 4.44. The van der Waals surface area contributed by atoms with Gasteiger partial charge in [0, 0.05) is 33.6 Å². The van der Waals surface area contributed by atoms with Crippen molar-refractivity contribution in [3.8, 4) is 0 Å². The molecule has 18 heavy (non-hydrogen) atoms. The molecule has 0 aliphatic carbocycles. The minimum absolute atomic E-state index is 0.781. The second-order valence-corrected chi connectivity index (χ2v) is 5.59. The van der Waals surface area contributed by atoms with Gasteiger partial charge in [-0.3, -0.25) is 0 Å². The van der Waals surface area contributed by atoms with E-state index in [2.05, 4.69) is 17.4 Å². The summed E-state index contributed by atoms with van der Waals surface area (Å²) in [5, 5.41) is 5.39. The van der Waals surface area contributed by atoms with Gasteiger partial charge >= 0.3 is 0 Å². The average molecular weight is 278 g/mol. The molecule has 0 saturated carbocycles. The lowest BCUT2D eigenvalue weighted by molar-refractivity contribution is 0.560. The lowest BCUT2D eigenvalue weighted by Gasteiger charge is -2.00. The fraction of sp³-hybridized carbons (Fsp3) is 0.143. The van der Waals surface area contributed by atoms with Crippen LogP contribution in [0.3, 0.4) is 0 Å². The first-order valence-electron chi connectivity index (χ1n) is 5.72. The molecule has 0 atom stereocenters. The van der Waals surface area contributed by atoms with Gasteiger partial charge in [0.1, 0.15) is 0 Å². The number of furan rings is 1. The van der Waals surface area contributed by atoms with Crippen LogP contribution in [0.25, 0.3) is 10.1 Å². The summed E-state index contributed by atoms with van der Waals surface area (Å²) >= 11 is 8.11. The first-order chi connectivity index (χ1) is 8.84. The molecule has 2 heterocycles.